The van der Waals surface area contributed by atoms with E-state index in [0.29, 0.717) is 5.76 Å². The number of carbonyl (C=O) groups is 1. The van der Waals surface area contributed by atoms with E-state index >= 15 is 0 Å². The smallest absolute Gasteiger partial charge is 0.150 e. The summed E-state index contributed by atoms with van der Waals surface area (Å²) in [5.74, 6) is -0.951. The summed E-state index contributed by atoms with van der Waals surface area (Å²) < 4.78 is 6.05. The summed E-state index contributed by atoms with van der Waals surface area (Å²) >= 11 is 3.31. The van der Waals surface area contributed by atoms with Gasteiger partial charge in [-0.3, -0.25) is 0 Å². The van der Waals surface area contributed by atoms with Gasteiger partial charge in [0.1, 0.15) is 17.5 Å². The van der Waals surface area contributed by atoms with Crippen molar-refractivity contribution >= 4 is 21.9 Å². The second-order valence-electron chi connectivity index (χ2n) is 2.96. The Morgan fingerprint density at radius 2 is 1.80 bits per heavy atom. The van der Waals surface area contributed by atoms with Crippen molar-refractivity contribution in [1.82, 2.24) is 0 Å². The van der Waals surface area contributed by atoms with Gasteiger partial charge >= 0.3 is 0 Å². The second-order valence-corrected chi connectivity index (χ2v) is 3.87. The molecule has 2 rings (SSSR count). The minimum Gasteiger partial charge on any atom is -0.542 e. The monoisotopic (exact) mass is 265 g/mol. The van der Waals surface area contributed by atoms with Gasteiger partial charge in [-0.25, -0.2) is 0 Å². The highest BCUT2D eigenvalue weighted by molar-refractivity contribution is 9.10. The second kappa shape index (κ2) is 3.90. The summed E-state index contributed by atoms with van der Waals surface area (Å²) in [7, 11) is 0. The van der Waals surface area contributed by atoms with Crippen LogP contribution in [0.1, 0.15) is 10.6 Å². The molecule has 0 aliphatic heterocycles. The molecule has 2 aromatic rings. The van der Waals surface area contributed by atoms with E-state index in [-0.39, 0.29) is 5.76 Å². The number of rotatable bonds is 2. The van der Waals surface area contributed by atoms with E-state index in [9.17, 15) is 9.90 Å². The van der Waals surface area contributed by atoms with Gasteiger partial charge < -0.3 is 14.3 Å². The molecule has 1 heterocycles. The standard InChI is InChI=1S/C11H7BrO3/c12-8-3-1-7(2-4-8)9-5-6-10(15-9)11(13)14/h1-6H,(H,13,14)/p-1. The summed E-state index contributed by atoms with van der Waals surface area (Å²) in [5.41, 5.74) is 0.825. The fourth-order valence-corrected chi connectivity index (χ4v) is 1.48. The van der Waals surface area contributed by atoms with Gasteiger partial charge in [0, 0.05) is 10.0 Å². The zero-order chi connectivity index (χ0) is 10.8. The molecule has 76 valence electrons. The third-order valence-electron chi connectivity index (χ3n) is 1.94. The van der Waals surface area contributed by atoms with E-state index in [4.69, 9.17) is 4.42 Å². The van der Waals surface area contributed by atoms with Crippen molar-refractivity contribution in [2.24, 2.45) is 0 Å². The Labute approximate surface area is 94.5 Å². The van der Waals surface area contributed by atoms with Crippen molar-refractivity contribution in [1.29, 1.82) is 0 Å². The van der Waals surface area contributed by atoms with Crippen molar-refractivity contribution in [3.8, 4) is 11.3 Å². The molecule has 0 bridgehead atoms. The van der Waals surface area contributed by atoms with Gasteiger partial charge in [0.2, 0.25) is 0 Å². The molecule has 0 aliphatic rings. The normalized spacial score (nSPS) is 10.2. The minimum absolute atomic E-state index is 0.159. The van der Waals surface area contributed by atoms with E-state index in [1.807, 2.05) is 24.3 Å². The van der Waals surface area contributed by atoms with Gasteiger partial charge in [0.15, 0.2) is 0 Å². The maximum absolute atomic E-state index is 10.5. The van der Waals surface area contributed by atoms with Crippen molar-refractivity contribution in [2.75, 3.05) is 0 Å². The van der Waals surface area contributed by atoms with Crippen molar-refractivity contribution < 1.29 is 14.3 Å². The highest BCUT2D eigenvalue weighted by Crippen LogP contribution is 2.23. The first-order valence-corrected chi connectivity index (χ1v) is 5.03. The van der Waals surface area contributed by atoms with Crippen LogP contribution in [0.5, 0.6) is 0 Å². The number of hydrogen-bond acceptors (Lipinski definition) is 3. The van der Waals surface area contributed by atoms with Crippen LogP contribution in [0.15, 0.2) is 45.3 Å². The van der Waals surface area contributed by atoms with E-state index < -0.39 is 5.97 Å². The molecule has 0 amide bonds. The van der Waals surface area contributed by atoms with Crippen LogP contribution in [-0.4, -0.2) is 5.97 Å². The third kappa shape index (κ3) is 2.10. The Morgan fingerprint density at radius 1 is 1.13 bits per heavy atom. The lowest BCUT2D eigenvalue weighted by molar-refractivity contribution is -0.257. The molecule has 0 saturated heterocycles. The van der Waals surface area contributed by atoms with Crippen LogP contribution in [0.3, 0.4) is 0 Å². The zero-order valence-electron chi connectivity index (χ0n) is 7.57. The van der Waals surface area contributed by atoms with Crippen molar-refractivity contribution in [3.63, 3.8) is 0 Å². The first-order valence-electron chi connectivity index (χ1n) is 4.24. The molecule has 0 aliphatic carbocycles. The molecule has 1 aromatic heterocycles. The molecule has 0 radical (unpaired) electrons. The Morgan fingerprint density at radius 3 is 2.33 bits per heavy atom. The first-order chi connectivity index (χ1) is 7.16. The van der Waals surface area contributed by atoms with Crippen LogP contribution in [0.25, 0.3) is 11.3 Å². The molecule has 0 atom stereocenters. The average Bonchev–Trinajstić information content (AvgIpc) is 2.68. The summed E-state index contributed by atoms with van der Waals surface area (Å²) in [6, 6.07) is 10.4. The van der Waals surface area contributed by atoms with Gasteiger partial charge in [0.25, 0.3) is 0 Å². The molecule has 3 nitrogen and oxygen atoms in total. The number of carboxylic acids is 1. The van der Waals surface area contributed by atoms with Crippen molar-refractivity contribution in [2.45, 2.75) is 0 Å². The van der Waals surface area contributed by atoms with E-state index in [2.05, 4.69) is 15.9 Å². The van der Waals surface area contributed by atoms with Gasteiger partial charge in [-0.2, -0.15) is 0 Å². The maximum Gasteiger partial charge on any atom is 0.150 e. The van der Waals surface area contributed by atoms with E-state index in [1.54, 1.807) is 6.07 Å². The van der Waals surface area contributed by atoms with Gasteiger partial charge in [-0.15, -0.1) is 0 Å². The molecule has 0 unspecified atom stereocenters. The summed E-state index contributed by atoms with van der Waals surface area (Å²) in [6.45, 7) is 0. The van der Waals surface area contributed by atoms with Crippen LogP contribution in [-0.2, 0) is 0 Å². The molecule has 0 spiro atoms. The Bertz CT molecular complexity index is 485. The summed E-state index contributed by atoms with van der Waals surface area (Å²) in [4.78, 5) is 10.5. The fourth-order valence-electron chi connectivity index (χ4n) is 1.22. The Balaban J connectivity index is 2.37. The first kappa shape index (κ1) is 9.98. The number of carboxylic acid groups (broad SMARTS) is 1. The molecule has 0 saturated carbocycles. The topological polar surface area (TPSA) is 53.3 Å². The predicted octanol–water partition coefficient (Wildman–Crippen LogP) is 2.07. The lowest BCUT2D eigenvalue weighted by Crippen LogP contribution is -2.21. The molecule has 0 N–H and O–H groups in total. The minimum atomic E-state index is -1.31. The van der Waals surface area contributed by atoms with Crippen LogP contribution in [0.2, 0.25) is 0 Å². The molecular weight excluding hydrogens is 260 g/mol. The number of aromatic carboxylic acids is 1. The summed E-state index contributed by atoms with van der Waals surface area (Å²) in [5, 5.41) is 10.5. The summed E-state index contributed by atoms with van der Waals surface area (Å²) in [6.07, 6.45) is 0. The average molecular weight is 266 g/mol. The predicted molar refractivity (Wildman–Crippen MR) is 56.2 cm³/mol. The quantitative estimate of drug-likeness (QED) is 0.836. The highest BCUT2D eigenvalue weighted by atomic mass is 79.9. The fraction of sp³-hybridized carbons (Fsp3) is 0. The molecular formula is C11H6BrO3-. The lowest BCUT2D eigenvalue weighted by atomic mass is 10.2. The Hall–Kier alpha value is -1.55. The largest absolute Gasteiger partial charge is 0.542 e. The van der Waals surface area contributed by atoms with Gasteiger partial charge in [-0.05, 0) is 24.3 Å². The third-order valence-corrected chi connectivity index (χ3v) is 2.46. The van der Waals surface area contributed by atoms with E-state index in [1.165, 1.54) is 6.07 Å². The van der Waals surface area contributed by atoms with Crippen LogP contribution in [0, 0.1) is 0 Å². The van der Waals surface area contributed by atoms with Crippen LogP contribution < -0.4 is 5.11 Å². The van der Waals surface area contributed by atoms with Crippen LogP contribution in [0.4, 0.5) is 0 Å². The number of furan rings is 1. The SMILES string of the molecule is O=C([O-])c1ccc(-c2ccc(Br)cc2)o1. The van der Waals surface area contributed by atoms with Crippen LogP contribution >= 0.6 is 15.9 Å². The Kier molecular flexibility index (Phi) is 2.60. The molecule has 15 heavy (non-hydrogen) atoms. The highest BCUT2D eigenvalue weighted by Gasteiger charge is 2.04. The van der Waals surface area contributed by atoms with Crippen molar-refractivity contribution in [3.05, 3.63) is 46.6 Å². The molecule has 0 fully saturated rings. The molecule has 4 heteroatoms. The number of halogens is 1. The van der Waals surface area contributed by atoms with Gasteiger partial charge in [0.05, 0.1) is 0 Å². The number of carbonyl (C=O) groups excluding carboxylic acids is 1. The lowest BCUT2D eigenvalue weighted by Gasteiger charge is -1.98. The number of benzene rings is 1. The van der Waals surface area contributed by atoms with Gasteiger partial charge in [-0.1, -0.05) is 28.1 Å². The zero-order valence-corrected chi connectivity index (χ0v) is 9.15. The number of hydrogen-bond donors (Lipinski definition) is 0. The van der Waals surface area contributed by atoms with E-state index in [0.717, 1.165) is 10.0 Å². The molecule has 1 aromatic carbocycles. The maximum atomic E-state index is 10.5.